The van der Waals surface area contributed by atoms with Gasteiger partial charge in [-0.15, -0.1) is 0 Å². The Bertz CT molecular complexity index is 1610. The third-order valence-corrected chi connectivity index (χ3v) is 7.58. The third kappa shape index (κ3) is 9.08. The van der Waals surface area contributed by atoms with Gasteiger partial charge in [0.15, 0.2) is 11.5 Å². The number of amides is 4. The van der Waals surface area contributed by atoms with Gasteiger partial charge in [-0.3, -0.25) is 29.1 Å². The number of benzene rings is 2. The molecule has 3 atom stereocenters. The highest BCUT2D eigenvalue weighted by atomic mass is 16.5. The first-order valence-corrected chi connectivity index (χ1v) is 15.2. The van der Waals surface area contributed by atoms with Crippen LogP contribution in [0, 0.1) is 0 Å². The van der Waals surface area contributed by atoms with E-state index < -0.39 is 35.8 Å². The Labute approximate surface area is 266 Å². The number of nitrogens with one attached hydrogen (secondary N) is 4. The summed E-state index contributed by atoms with van der Waals surface area (Å²) in [6.07, 6.45) is 2.12. The second kappa shape index (κ2) is 15.6. The van der Waals surface area contributed by atoms with Crippen molar-refractivity contribution in [3.8, 4) is 0 Å². The van der Waals surface area contributed by atoms with Crippen molar-refractivity contribution in [2.75, 3.05) is 13.1 Å². The number of carbonyl (C=O) groups is 4. The SMILES string of the molecule is C[C@@H]1NC(=O)c2cc(on2)CN(Cc2ccccn2)CCNC(=O)[C@@H](Cc2ccccc2)NC(=O)[C@H](Cc2ccccc2)NC1=O. The molecule has 0 saturated carbocycles. The molecular weight excluding hydrogens is 586 g/mol. The van der Waals surface area contributed by atoms with Crippen molar-refractivity contribution in [3.05, 3.63) is 119 Å². The van der Waals surface area contributed by atoms with Crippen LogP contribution < -0.4 is 21.3 Å². The summed E-state index contributed by atoms with van der Waals surface area (Å²) >= 11 is 0. The van der Waals surface area contributed by atoms with Gasteiger partial charge >= 0.3 is 0 Å². The van der Waals surface area contributed by atoms with Gasteiger partial charge in [-0.2, -0.15) is 0 Å². The van der Waals surface area contributed by atoms with Crippen molar-refractivity contribution in [2.45, 2.75) is 51.0 Å². The molecule has 2 bridgehead atoms. The van der Waals surface area contributed by atoms with Crippen molar-refractivity contribution in [2.24, 2.45) is 0 Å². The molecule has 0 aliphatic carbocycles. The van der Waals surface area contributed by atoms with Gasteiger partial charge in [-0.1, -0.05) is 71.9 Å². The lowest BCUT2D eigenvalue weighted by Gasteiger charge is -2.25. The van der Waals surface area contributed by atoms with Gasteiger partial charge < -0.3 is 25.8 Å². The Kier molecular flexibility index (Phi) is 10.9. The van der Waals surface area contributed by atoms with Gasteiger partial charge in [0.2, 0.25) is 17.7 Å². The molecule has 1 aliphatic heterocycles. The maximum Gasteiger partial charge on any atom is 0.274 e. The molecule has 46 heavy (non-hydrogen) atoms. The smallest absolute Gasteiger partial charge is 0.274 e. The van der Waals surface area contributed by atoms with Crippen LogP contribution in [0.15, 0.2) is 95.6 Å². The number of carbonyl (C=O) groups excluding carboxylic acids is 4. The van der Waals surface area contributed by atoms with E-state index in [-0.39, 0.29) is 37.5 Å². The number of pyridine rings is 1. The lowest BCUT2D eigenvalue weighted by molar-refractivity contribution is -0.132. The Balaban J connectivity index is 1.43. The summed E-state index contributed by atoms with van der Waals surface area (Å²) in [5.74, 6) is -1.61. The number of aromatic nitrogens is 2. The second-order valence-electron chi connectivity index (χ2n) is 11.2. The van der Waals surface area contributed by atoms with Gasteiger partial charge in [0.1, 0.15) is 18.1 Å². The van der Waals surface area contributed by atoms with Crippen LogP contribution in [0.25, 0.3) is 0 Å². The summed E-state index contributed by atoms with van der Waals surface area (Å²) in [4.78, 5) is 60.1. The molecule has 2 aromatic heterocycles. The van der Waals surface area contributed by atoms with Gasteiger partial charge in [-0.05, 0) is 30.2 Å². The van der Waals surface area contributed by atoms with E-state index in [1.54, 1.807) is 6.20 Å². The molecular formula is C34H37N7O5. The first-order chi connectivity index (χ1) is 22.3. The summed E-state index contributed by atoms with van der Waals surface area (Å²) < 4.78 is 5.47. The van der Waals surface area contributed by atoms with Crippen LogP contribution in [-0.4, -0.2) is 69.9 Å². The molecule has 238 valence electrons. The van der Waals surface area contributed by atoms with Gasteiger partial charge in [0.25, 0.3) is 5.91 Å². The van der Waals surface area contributed by atoms with Crippen molar-refractivity contribution in [1.29, 1.82) is 0 Å². The molecule has 3 heterocycles. The van der Waals surface area contributed by atoms with Crippen LogP contribution in [0.2, 0.25) is 0 Å². The van der Waals surface area contributed by atoms with E-state index in [1.165, 1.54) is 13.0 Å². The Morgan fingerprint density at radius 1 is 0.783 bits per heavy atom. The van der Waals surface area contributed by atoms with Crippen LogP contribution in [0.5, 0.6) is 0 Å². The Morgan fingerprint density at radius 3 is 2.07 bits per heavy atom. The molecule has 2 aromatic carbocycles. The van der Waals surface area contributed by atoms with Crippen LogP contribution in [0.4, 0.5) is 0 Å². The lowest BCUT2D eigenvalue weighted by atomic mass is 10.0. The van der Waals surface area contributed by atoms with Crippen LogP contribution >= 0.6 is 0 Å². The molecule has 1 aliphatic rings. The van der Waals surface area contributed by atoms with Gasteiger partial charge in [0.05, 0.1) is 12.2 Å². The Hall–Kier alpha value is -5.36. The van der Waals surface area contributed by atoms with E-state index in [0.29, 0.717) is 18.8 Å². The average Bonchev–Trinajstić information content (AvgIpc) is 3.53. The quantitative estimate of drug-likeness (QED) is 0.253. The fraction of sp³-hybridized carbons (Fsp3) is 0.294. The van der Waals surface area contributed by atoms with E-state index in [4.69, 9.17) is 4.52 Å². The van der Waals surface area contributed by atoms with Gasteiger partial charge in [0, 0.05) is 44.7 Å². The zero-order valence-electron chi connectivity index (χ0n) is 25.5. The minimum absolute atomic E-state index is 0.0178. The minimum Gasteiger partial charge on any atom is -0.359 e. The molecule has 4 aromatic rings. The molecule has 4 amide bonds. The van der Waals surface area contributed by atoms with E-state index >= 15 is 0 Å². The summed E-state index contributed by atoms with van der Waals surface area (Å²) in [6, 6.07) is 22.8. The van der Waals surface area contributed by atoms with E-state index in [2.05, 4.69) is 31.4 Å². The standard InChI is InChI=1S/C34H37N7O5/c1-23-31(42)38-29(19-25-12-6-3-7-13-25)33(44)39-28(18-24-10-4-2-5-11-24)32(43)36-16-17-41(21-26-14-8-9-15-35-26)22-27-20-30(40-46-27)34(45)37-23/h2-15,20,23,28-29H,16-19,21-22H2,1H3,(H,36,43)(H,37,45)(H,38,42)(H,39,44)/t23-,28+,29-/m0/s1. The summed E-state index contributed by atoms with van der Waals surface area (Å²) in [7, 11) is 0. The molecule has 12 nitrogen and oxygen atoms in total. The van der Waals surface area contributed by atoms with E-state index in [1.807, 2.05) is 83.8 Å². The van der Waals surface area contributed by atoms with E-state index in [0.717, 1.165) is 16.8 Å². The fourth-order valence-corrected chi connectivity index (χ4v) is 5.13. The largest absolute Gasteiger partial charge is 0.359 e. The first kappa shape index (κ1) is 32.0. The normalized spacial score (nSPS) is 20.4. The lowest BCUT2D eigenvalue weighted by Crippen LogP contribution is -2.57. The van der Waals surface area contributed by atoms with Crippen molar-refractivity contribution in [3.63, 3.8) is 0 Å². The molecule has 0 saturated heterocycles. The molecule has 0 fully saturated rings. The number of rotatable bonds is 6. The summed E-state index contributed by atoms with van der Waals surface area (Å²) in [5.41, 5.74) is 2.51. The van der Waals surface area contributed by atoms with Crippen molar-refractivity contribution < 1.29 is 23.7 Å². The zero-order chi connectivity index (χ0) is 32.3. The monoisotopic (exact) mass is 623 g/mol. The fourth-order valence-electron chi connectivity index (χ4n) is 5.13. The van der Waals surface area contributed by atoms with E-state index in [9.17, 15) is 19.2 Å². The number of fused-ring (bicyclic) bond motifs is 2. The predicted octanol–water partition coefficient (Wildman–Crippen LogP) is 1.77. The maximum atomic E-state index is 13.8. The maximum absolute atomic E-state index is 13.8. The van der Waals surface area contributed by atoms with Crippen LogP contribution in [-0.2, 0) is 40.3 Å². The average molecular weight is 624 g/mol. The van der Waals surface area contributed by atoms with Crippen molar-refractivity contribution in [1.82, 2.24) is 36.3 Å². The minimum atomic E-state index is -1.02. The second-order valence-corrected chi connectivity index (χ2v) is 11.2. The summed E-state index contributed by atoms with van der Waals surface area (Å²) in [6.45, 7) is 2.93. The zero-order valence-corrected chi connectivity index (χ0v) is 25.5. The highest BCUT2D eigenvalue weighted by Gasteiger charge is 2.30. The third-order valence-electron chi connectivity index (χ3n) is 7.58. The first-order valence-electron chi connectivity index (χ1n) is 15.2. The molecule has 0 unspecified atom stereocenters. The number of hydrogen-bond acceptors (Lipinski definition) is 8. The topological polar surface area (TPSA) is 159 Å². The van der Waals surface area contributed by atoms with Gasteiger partial charge in [-0.25, -0.2) is 0 Å². The van der Waals surface area contributed by atoms with Crippen LogP contribution in [0.1, 0.15) is 40.0 Å². The molecule has 0 spiro atoms. The predicted molar refractivity (Wildman–Crippen MR) is 169 cm³/mol. The van der Waals surface area contributed by atoms with Crippen LogP contribution in [0.3, 0.4) is 0 Å². The molecule has 5 rings (SSSR count). The number of nitrogens with zero attached hydrogens (tertiary/aromatic N) is 3. The Morgan fingerprint density at radius 2 is 1.41 bits per heavy atom. The summed E-state index contributed by atoms with van der Waals surface area (Å²) in [5, 5.41) is 15.2. The highest BCUT2D eigenvalue weighted by Crippen LogP contribution is 2.12. The highest BCUT2D eigenvalue weighted by molar-refractivity contribution is 5.97. The number of hydrogen-bond donors (Lipinski definition) is 4. The van der Waals surface area contributed by atoms with Crippen molar-refractivity contribution >= 4 is 23.6 Å². The molecule has 4 N–H and O–H groups in total. The molecule has 12 heteroatoms. The molecule has 0 radical (unpaired) electrons.